The van der Waals surface area contributed by atoms with Gasteiger partial charge in [0.25, 0.3) is 0 Å². The number of rotatable bonds is 2. The minimum atomic E-state index is -0.238. The number of hydrogen-bond acceptors (Lipinski definition) is 1. The number of aromatic nitrogens is 1. The first-order valence-electron chi connectivity index (χ1n) is 6.11. The molecule has 0 spiro atoms. The Morgan fingerprint density at radius 1 is 1.20 bits per heavy atom. The van der Waals surface area contributed by atoms with E-state index in [2.05, 4.69) is 22.0 Å². The van der Waals surface area contributed by atoms with Crippen LogP contribution in [-0.2, 0) is 6.54 Å². The number of fused-ring (bicyclic) bond motifs is 1. The van der Waals surface area contributed by atoms with Gasteiger partial charge in [0.05, 0.1) is 18.2 Å². The van der Waals surface area contributed by atoms with Gasteiger partial charge in [0.15, 0.2) is 0 Å². The fourth-order valence-electron chi connectivity index (χ4n) is 2.29. The summed E-state index contributed by atoms with van der Waals surface area (Å²) in [6.07, 6.45) is 1.88. The molecule has 0 atom stereocenters. The number of hydrogen-bond donors (Lipinski definition) is 0. The third-order valence-corrected chi connectivity index (χ3v) is 3.78. The topological polar surface area (TPSA) is 28.7 Å². The molecule has 3 aromatic rings. The van der Waals surface area contributed by atoms with Crippen LogP contribution in [0.1, 0.15) is 11.1 Å². The van der Waals surface area contributed by atoms with E-state index in [1.165, 1.54) is 6.07 Å². The van der Waals surface area contributed by atoms with Crippen molar-refractivity contribution in [3.8, 4) is 6.07 Å². The van der Waals surface area contributed by atoms with Gasteiger partial charge in [0.2, 0.25) is 0 Å². The molecule has 3 rings (SSSR count). The van der Waals surface area contributed by atoms with Crippen LogP contribution in [-0.4, -0.2) is 4.57 Å². The van der Waals surface area contributed by atoms with Crippen molar-refractivity contribution >= 4 is 26.8 Å². The van der Waals surface area contributed by atoms with Crippen molar-refractivity contribution < 1.29 is 4.39 Å². The van der Waals surface area contributed by atoms with Crippen LogP contribution < -0.4 is 0 Å². The van der Waals surface area contributed by atoms with Crippen LogP contribution in [0.4, 0.5) is 4.39 Å². The highest BCUT2D eigenvalue weighted by molar-refractivity contribution is 9.10. The lowest BCUT2D eigenvalue weighted by molar-refractivity contribution is 0.601. The Labute approximate surface area is 124 Å². The van der Waals surface area contributed by atoms with E-state index >= 15 is 0 Å². The molecule has 1 aromatic heterocycles. The zero-order chi connectivity index (χ0) is 14.1. The molecule has 0 saturated carbocycles. The summed E-state index contributed by atoms with van der Waals surface area (Å²) in [5.41, 5.74) is 2.19. The van der Waals surface area contributed by atoms with Crippen molar-refractivity contribution in [3.63, 3.8) is 0 Å². The fraction of sp³-hybridized carbons (Fsp3) is 0.0625. The highest BCUT2D eigenvalue weighted by atomic mass is 79.9. The molecular weight excluding hydrogens is 319 g/mol. The van der Waals surface area contributed by atoms with Crippen molar-refractivity contribution in [2.75, 3.05) is 0 Å². The standard InChI is InChI=1S/C16H10BrFN2/c17-13-5-4-12(15(18)8-13)10-20-7-6-14-11(9-19)2-1-3-16(14)20/h1-8H,10H2. The maximum Gasteiger partial charge on any atom is 0.129 e. The van der Waals surface area contributed by atoms with Crippen LogP contribution in [0.25, 0.3) is 10.9 Å². The van der Waals surface area contributed by atoms with Crippen molar-refractivity contribution in [1.82, 2.24) is 4.57 Å². The molecule has 0 amide bonds. The first kappa shape index (κ1) is 12.9. The van der Waals surface area contributed by atoms with E-state index < -0.39 is 0 Å². The Kier molecular flexibility index (Phi) is 3.29. The highest BCUT2D eigenvalue weighted by Gasteiger charge is 2.08. The van der Waals surface area contributed by atoms with Gasteiger partial charge < -0.3 is 4.57 Å². The van der Waals surface area contributed by atoms with E-state index in [0.29, 0.717) is 17.7 Å². The Bertz CT molecular complexity index is 830. The van der Waals surface area contributed by atoms with Crippen LogP contribution in [0.3, 0.4) is 0 Å². The van der Waals surface area contributed by atoms with E-state index in [1.807, 2.05) is 35.0 Å². The second-order valence-electron chi connectivity index (χ2n) is 4.53. The maximum atomic E-state index is 13.9. The Morgan fingerprint density at radius 3 is 2.80 bits per heavy atom. The van der Waals surface area contributed by atoms with Gasteiger partial charge in [-0.25, -0.2) is 4.39 Å². The molecule has 0 radical (unpaired) electrons. The molecule has 0 aliphatic heterocycles. The van der Waals surface area contributed by atoms with Gasteiger partial charge in [0, 0.05) is 27.1 Å². The first-order chi connectivity index (χ1) is 9.69. The first-order valence-corrected chi connectivity index (χ1v) is 6.90. The van der Waals surface area contributed by atoms with Crippen molar-refractivity contribution in [2.45, 2.75) is 6.54 Å². The van der Waals surface area contributed by atoms with Gasteiger partial charge in [-0.15, -0.1) is 0 Å². The molecule has 2 nitrogen and oxygen atoms in total. The van der Waals surface area contributed by atoms with Crippen LogP contribution in [0, 0.1) is 17.1 Å². The lowest BCUT2D eigenvalue weighted by atomic mass is 10.1. The molecule has 0 aliphatic carbocycles. The van der Waals surface area contributed by atoms with Crippen LogP contribution >= 0.6 is 15.9 Å². The number of nitriles is 1. The molecule has 0 saturated heterocycles. The van der Waals surface area contributed by atoms with Gasteiger partial charge in [0.1, 0.15) is 5.82 Å². The summed E-state index contributed by atoms with van der Waals surface area (Å²) in [5, 5.41) is 9.98. The molecule has 0 aliphatic rings. The van der Waals surface area contributed by atoms with Gasteiger partial charge in [-0.3, -0.25) is 0 Å². The van der Waals surface area contributed by atoms with Crippen molar-refractivity contribution in [3.05, 3.63) is 70.1 Å². The largest absolute Gasteiger partial charge is 0.343 e. The lowest BCUT2D eigenvalue weighted by Gasteiger charge is -2.07. The summed E-state index contributed by atoms with van der Waals surface area (Å²) >= 11 is 3.25. The molecule has 0 bridgehead atoms. The monoisotopic (exact) mass is 328 g/mol. The lowest BCUT2D eigenvalue weighted by Crippen LogP contribution is -2.00. The molecule has 0 fully saturated rings. The van der Waals surface area contributed by atoms with Crippen LogP contribution in [0.5, 0.6) is 0 Å². The average molecular weight is 329 g/mol. The second-order valence-corrected chi connectivity index (χ2v) is 5.45. The third-order valence-electron chi connectivity index (χ3n) is 3.29. The second kappa shape index (κ2) is 5.10. The van der Waals surface area contributed by atoms with E-state index in [4.69, 9.17) is 5.26 Å². The Hall–Kier alpha value is -2.12. The zero-order valence-corrected chi connectivity index (χ0v) is 12.1. The number of nitrogens with zero attached hydrogens (tertiary/aromatic N) is 2. The minimum absolute atomic E-state index is 0.238. The fourth-order valence-corrected chi connectivity index (χ4v) is 2.63. The van der Waals surface area contributed by atoms with E-state index in [-0.39, 0.29) is 5.82 Å². The predicted octanol–water partition coefficient (Wildman–Crippen LogP) is 4.46. The number of halogens is 2. The van der Waals surface area contributed by atoms with Gasteiger partial charge in [-0.2, -0.15) is 5.26 Å². The predicted molar refractivity (Wildman–Crippen MR) is 79.9 cm³/mol. The van der Waals surface area contributed by atoms with Crippen molar-refractivity contribution in [1.29, 1.82) is 5.26 Å². The van der Waals surface area contributed by atoms with E-state index in [9.17, 15) is 4.39 Å². The van der Waals surface area contributed by atoms with Gasteiger partial charge in [-0.05, 0) is 30.3 Å². The summed E-state index contributed by atoms with van der Waals surface area (Å²) in [5.74, 6) is -0.238. The minimum Gasteiger partial charge on any atom is -0.343 e. The summed E-state index contributed by atoms with van der Waals surface area (Å²) < 4.78 is 16.6. The average Bonchev–Trinajstić information content (AvgIpc) is 2.85. The highest BCUT2D eigenvalue weighted by Crippen LogP contribution is 2.22. The molecule has 2 aromatic carbocycles. The zero-order valence-electron chi connectivity index (χ0n) is 10.5. The third kappa shape index (κ3) is 2.21. The smallest absolute Gasteiger partial charge is 0.129 e. The van der Waals surface area contributed by atoms with Crippen LogP contribution in [0.15, 0.2) is 53.1 Å². The summed E-state index contributed by atoms with van der Waals surface area (Å²) in [6.45, 7) is 0.442. The molecule has 0 N–H and O–H groups in total. The summed E-state index contributed by atoms with van der Waals surface area (Å²) in [4.78, 5) is 0. The normalized spacial score (nSPS) is 10.7. The van der Waals surface area contributed by atoms with Crippen molar-refractivity contribution in [2.24, 2.45) is 0 Å². The van der Waals surface area contributed by atoms with Crippen LogP contribution in [0.2, 0.25) is 0 Å². The SMILES string of the molecule is N#Cc1cccc2c1ccn2Cc1ccc(Br)cc1F. The summed E-state index contributed by atoms with van der Waals surface area (Å²) in [6, 6.07) is 14.7. The number of benzene rings is 2. The Morgan fingerprint density at radius 2 is 2.05 bits per heavy atom. The summed E-state index contributed by atoms with van der Waals surface area (Å²) in [7, 11) is 0. The van der Waals surface area contributed by atoms with Gasteiger partial charge >= 0.3 is 0 Å². The molecule has 20 heavy (non-hydrogen) atoms. The van der Waals surface area contributed by atoms with E-state index in [1.54, 1.807) is 12.1 Å². The molecule has 0 unspecified atom stereocenters. The molecule has 98 valence electrons. The quantitative estimate of drug-likeness (QED) is 0.682. The molecule has 4 heteroatoms. The molecular formula is C16H10BrFN2. The maximum absolute atomic E-state index is 13.9. The van der Waals surface area contributed by atoms with E-state index in [0.717, 1.165) is 15.4 Å². The van der Waals surface area contributed by atoms with Gasteiger partial charge in [-0.1, -0.05) is 28.1 Å². The molecule has 1 heterocycles. The Balaban J connectivity index is 2.06.